The number of carbonyl (C=O) groups is 1. The van der Waals surface area contributed by atoms with Crippen LogP contribution in [0, 0.1) is 0 Å². The minimum Gasteiger partial charge on any atom is -0.374 e. The van der Waals surface area contributed by atoms with Crippen LogP contribution in [0.1, 0.15) is 50.2 Å². The van der Waals surface area contributed by atoms with Gasteiger partial charge < -0.3 is 15.8 Å². The number of nitrogens with one attached hydrogen (secondary N) is 1. The van der Waals surface area contributed by atoms with E-state index in [2.05, 4.69) is 26.2 Å². The number of rotatable bonds is 13. The van der Waals surface area contributed by atoms with Crippen molar-refractivity contribution in [2.24, 2.45) is 5.73 Å². The number of alkyl halides is 1. The third-order valence-electron chi connectivity index (χ3n) is 3.56. The van der Waals surface area contributed by atoms with E-state index in [9.17, 15) is 9.32 Å². The lowest BCUT2D eigenvalue weighted by molar-refractivity contribution is -0.135. The van der Waals surface area contributed by atoms with Gasteiger partial charge >= 0.3 is 6.03 Å². The molecule has 0 aliphatic heterocycles. The van der Waals surface area contributed by atoms with Crippen molar-refractivity contribution in [1.82, 2.24) is 0 Å². The number of carbonyl (C=O) groups excluding carboxylic acids is 1. The third-order valence-corrected chi connectivity index (χ3v) is 4.12. The lowest BCUT2D eigenvalue weighted by Gasteiger charge is -2.19. The summed E-state index contributed by atoms with van der Waals surface area (Å²) in [6.45, 7) is 0.696. The van der Waals surface area contributed by atoms with E-state index in [0.717, 1.165) is 30.2 Å². The lowest BCUT2D eigenvalue weighted by atomic mass is 10.0. The highest BCUT2D eigenvalue weighted by Crippen LogP contribution is 2.26. The van der Waals surface area contributed by atoms with Crippen molar-refractivity contribution in [1.29, 1.82) is 0 Å². The van der Waals surface area contributed by atoms with Gasteiger partial charge in [0.25, 0.3) is 0 Å². The fourth-order valence-corrected chi connectivity index (χ4v) is 2.80. The second-order valence-corrected chi connectivity index (χ2v) is 6.33. The zero-order valence-corrected chi connectivity index (χ0v) is 15.4. The van der Waals surface area contributed by atoms with Crippen molar-refractivity contribution in [2.75, 3.05) is 23.9 Å². The first kappa shape index (κ1) is 20.9. The Morgan fingerprint density at radius 3 is 2.71 bits per heavy atom. The zero-order valence-electron chi connectivity index (χ0n) is 13.8. The maximum absolute atomic E-state index is 11.9. The Labute approximate surface area is 151 Å². The van der Waals surface area contributed by atoms with Crippen molar-refractivity contribution in [2.45, 2.75) is 44.6 Å². The molecule has 0 bridgehead atoms. The Kier molecular flexibility index (Phi) is 11.4. The van der Waals surface area contributed by atoms with E-state index in [-0.39, 0.29) is 12.7 Å². The molecule has 0 saturated heterocycles. The molecule has 1 atom stereocenters. The topological polar surface area (TPSA) is 73.6 Å². The number of amides is 2. The maximum Gasteiger partial charge on any atom is 0.316 e. The lowest BCUT2D eigenvalue weighted by Crippen LogP contribution is -2.19. The van der Waals surface area contributed by atoms with Gasteiger partial charge in [0, 0.05) is 17.6 Å². The van der Waals surface area contributed by atoms with E-state index >= 15 is 0 Å². The van der Waals surface area contributed by atoms with E-state index in [1.807, 2.05) is 18.2 Å². The average molecular weight is 405 g/mol. The second kappa shape index (κ2) is 13.1. The van der Waals surface area contributed by atoms with Crippen LogP contribution >= 0.6 is 15.9 Å². The highest BCUT2D eigenvalue weighted by atomic mass is 79.9. The number of anilines is 1. The molecule has 0 fully saturated rings. The minimum atomic E-state index is -0.609. The first-order valence-electron chi connectivity index (χ1n) is 8.25. The standard InChI is InChI=1S/C17H26BrFN2O3/c18-10-3-1-2-4-11-23-16(9-6-12-24-19)14-7-5-8-15(13-14)21-17(20)22/h5,7-8,13,16H,1-4,6,9-12H2,(H3,20,21,22). The Bertz CT molecular complexity index is 477. The van der Waals surface area contributed by atoms with E-state index in [1.165, 1.54) is 6.42 Å². The van der Waals surface area contributed by atoms with Crippen molar-refractivity contribution >= 4 is 27.6 Å². The minimum absolute atomic E-state index is 0.0460. The maximum atomic E-state index is 11.9. The summed E-state index contributed by atoms with van der Waals surface area (Å²) >= 11 is 3.42. The fourth-order valence-electron chi connectivity index (χ4n) is 2.40. The summed E-state index contributed by atoms with van der Waals surface area (Å²) < 4.78 is 17.9. The Hall–Kier alpha value is -1.18. The van der Waals surface area contributed by atoms with Gasteiger partial charge in [-0.25, -0.2) is 4.79 Å². The molecule has 1 aromatic rings. The molecule has 3 N–H and O–H groups in total. The van der Waals surface area contributed by atoms with Crippen molar-refractivity contribution in [3.05, 3.63) is 29.8 Å². The van der Waals surface area contributed by atoms with E-state index in [0.29, 0.717) is 25.1 Å². The van der Waals surface area contributed by atoms with Crippen molar-refractivity contribution < 1.29 is 19.0 Å². The second-order valence-electron chi connectivity index (χ2n) is 5.53. The van der Waals surface area contributed by atoms with Crippen molar-refractivity contribution in [3.63, 3.8) is 0 Å². The van der Waals surface area contributed by atoms with Crippen LogP contribution in [0.15, 0.2) is 24.3 Å². The van der Waals surface area contributed by atoms with Gasteiger partial charge in [-0.2, -0.15) is 4.94 Å². The first-order valence-corrected chi connectivity index (χ1v) is 9.37. The van der Waals surface area contributed by atoms with E-state index in [1.54, 1.807) is 6.07 Å². The highest BCUT2D eigenvalue weighted by molar-refractivity contribution is 9.09. The molecule has 24 heavy (non-hydrogen) atoms. The molecule has 0 radical (unpaired) electrons. The number of hydrogen-bond donors (Lipinski definition) is 2. The van der Waals surface area contributed by atoms with Gasteiger partial charge in [-0.15, -0.1) is 0 Å². The fraction of sp³-hybridized carbons (Fsp3) is 0.588. The van der Waals surface area contributed by atoms with Gasteiger partial charge in [-0.3, -0.25) is 0 Å². The number of benzene rings is 1. The van der Waals surface area contributed by atoms with E-state index in [4.69, 9.17) is 10.5 Å². The van der Waals surface area contributed by atoms with Gasteiger partial charge in [0.2, 0.25) is 0 Å². The summed E-state index contributed by atoms with van der Waals surface area (Å²) in [6, 6.07) is 6.74. The summed E-state index contributed by atoms with van der Waals surface area (Å²) in [5, 5.41) is 3.58. The molecule has 0 aliphatic rings. The van der Waals surface area contributed by atoms with Crippen molar-refractivity contribution in [3.8, 4) is 0 Å². The molecule has 1 rings (SSSR count). The molecule has 136 valence electrons. The van der Waals surface area contributed by atoms with Gasteiger partial charge in [0.05, 0.1) is 12.7 Å². The van der Waals surface area contributed by atoms with Crippen LogP contribution in [0.2, 0.25) is 0 Å². The van der Waals surface area contributed by atoms with Gasteiger partial charge in [0.1, 0.15) is 0 Å². The monoisotopic (exact) mass is 404 g/mol. The molecular formula is C17H26BrFN2O3. The van der Waals surface area contributed by atoms with Crippen LogP contribution in [0.25, 0.3) is 0 Å². The van der Waals surface area contributed by atoms with Crippen LogP contribution in [-0.2, 0) is 9.68 Å². The molecule has 0 heterocycles. The smallest absolute Gasteiger partial charge is 0.316 e. The Morgan fingerprint density at radius 2 is 2.00 bits per heavy atom. The van der Waals surface area contributed by atoms with E-state index < -0.39 is 6.03 Å². The van der Waals surface area contributed by atoms with Gasteiger partial charge in [-0.1, -0.05) is 40.9 Å². The largest absolute Gasteiger partial charge is 0.374 e. The van der Waals surface area contributed by atoms with Crippen LogP contribution in [-0.4, -0.2) is 24.6 Å². The molecule has 1 unspecified atom stereocenters. The number of primary amides is 1. The van der Waals surface area contributed by atoms with Crippen LogP contribution < -0.4 is 11.1 Å². The molecule has 0 aliphatic carbocycles. The molecule has 7 heteroatoms. The normalized spacial score (nSPS) is 12.1. The molecular weight excluding hydrogens is 379 g/mol. The molecule has 0 aromatic heterocycles. The molecule has 5 nitrogen and oxygen atoms in total. The third kappa shape index (κ3) is 9.20. The summed E-state index contributed by atoms with van der Waals surface area (Å²) in [5.74, 6) is 0. The number of nitrogens with two attached hydrogens (primary N) is 1. The number of urea groups is 1. The number of hydrogen-bond acceptors (Lipinski definition) is 3. The number of ether oxygens (including phenoxy) is 1. The SMILES string of the molecule is NC(=O)Nc1cccc(C(CCCOF)OCCCCCCBr)c1. The Morgan fingerprint density at radius 1 is 1.21 bits per heavy atom. The van der Waals surface area contributed by atoms with Crippen LogP contribution in [0.5, 0.6) is 0 Å². The summed E-state index contributed by atoms with van der Waals surface area (Å²) in [6.07, 6.45) is 5.48. The molecule has 0 saturated carbocycles. The highest BCUT2D eigenvalue weighted by Gasteiger charge is 2.13. The molecule has 0 spiro atoms. The quantitative estimate of drug-likeness (QED) is 0.363. The number of unbranched alkanes of at least 4 members (excludes halogenated alkanes) is 3. The summed E-state index contributed by atoms with van der Waals surface area (Å²) in [5.41, 5.74) is 6.69. The number of halogens is 2. The zero-order chi connectivity index (χ0) is 17.6. The molecule has 2 amide bonds. The predicted molar refractivity (Wildman–Crippen MR) is 96.9 cm³/mol. The first-order chi connectivity index (χ1) is 11.7. The van der Waals surface area contributed by atoms with Crippen LogP contribution in [0.3, 0.4) is 0 Å². The predicted octanol–water partition coefficient (Wildman–Crippen LogP) is 4.87. The Balaban J connectivity index is 2.58. The summed E-state index contributed by atoms with van der Waals surface area (Å²) in [4.78, 5) is 14.6. The van der Waals surface area contributed by atoms with Crippen LogP contribution in [0.4, 0.5) is 15.0 Å². The van der Waals surface area contributed by atoms with Gasteiger partial charge in [0.15, 0.2) is 0 Å². The molecule has 1 aromatic carbocycles. The summed E-state index contributed by atoms with van der Waals surface area (Å²) in [7, 11) is 0. The average Bonchev–Trinajstić information content (AvgIpc) is 2.56. The van der Waals surface area contributed by atoms with Gasteiger partial charge in [-0.05, 0) is 47.9 Å².